The predicted molar refractivity (Wildman–Crippen MR) is 116 cm³/mol. The van der Waals surface area contributed by atoms with Crippen molar-refractivity contribution in [2.75, 3.05) is 25.5 Å². The van der Waals surface area contributed by atoms with E-state index in [4.69, 9.17) is 9.97 Å². The van der Waals surface area contributed by atoms with Crippen LogP contribution in [0.3, 0.4) is 0 Å². The maximum atomic E-state index is 11.7. The molecule has 4 aromatic rings. The SMILES string of the molecule is CC1CC(N(C)c2nc3sc(-n4ccc5ccc(=O)[nH]c54)nc3s2)CCN1C. The number of hydrogen-bond acceptors (Lipinski definition) is 7. The number of aromatic amines is 1. The predicted octanol–water partition coefficient (Wildman–Crippen LogP) is 3.30. The Hall–Kier alpha value is -2.23. The molecular weight excluding hydrogens is 392 g/mol. The van der Waals surface area contributed by atoms with Crippen LogP contribution in [0.1, 0.15) is 19.8 Å². The van der Waals surface area contributed by atoms with Crippen LogP contribution in [0.5, 0.6) is 0 Å². The lowest BCUT2D eigenvalue weighted by Gasteiger charge is -2.39. The molecule has 0 saturated carbocycles. The van der Waals surface area contributed by atoms with E-state index < -0.39 is 0 Å². The highest BCUT2D eigenvalue weighted by atomic mass is 32.1. The van der Waals surface area contributed by atoms with Crippen molar-refractivity contribution < 1.29 is 0 Å². The number of hydrogen-bond donors (Lipinski definition) is 1. The van der Waals surface area contributed by atoms with Gasteiger partial charge in [-0.05, 0) is 38.9 Å². The zero-order chi connectivity index (χ0) is 19.4. The minimum absolute atomic E-state index is 0.111. The topological polar surface area (TPSA) is 70.0 Å². The molecule has 0 aromatic carbocycles. The normalized spacial score (nSPS) is 21.0. The molecule has 1 aliphatic heterocycles. The first-order valence-electron chi connectivity index (χ1n) is 9.41. The van der Waals surface area contributed by atoms with Gasteiger partial charge in [0.2, 0.25) is 5.56 Å². The Morgan fingerprint density at radius 2 is 2.04 bits per heavy atom. The molecule has 28 heavy (non-hydrogen) atoms. The first-order valence-corrected chi connectivity index (χ1v) is 11.0. The first kappa shape index (κ1) is 17.8. The van der Waals surface area contributed by atoms with Crippen molar-refractivity contribution in [3.05, 3.63) is 34.7 Å². The summed E-state index contributed by atoms with van der Waals surface area (Å²) in [6, 6.07) is 6.46. The first-order chi connectivity index (χ1) is 13.5. The molecule has 146 valence electrons. The third-order valence-electron chi connectivity index (χ3n) is 5.76. The van der Waals surface area contributed by atoms with E-state index >= 15 is 0 Å². The highest BCUT2D eigenvalue weighted by Crippen LogP contribution is 2.36. The molecule has 1 aliphatic rings. The van der Waals surface area contributed by atoms with Crippen molar-refractivity contribution in [3.8, 4) is 5.13 Å². The molecule has 1 fully saturated rings. The summed E-state index contributed by atoms with van der Waals surface area (Å²) >= 11 is 3.20. The molecule has 9 heteroatoms. The molecule has 5 heterocycles. The molecule has 1 N–H and O–H groups in total. The lowest BCUT2D eigenvalue weighted by atomic mass is 9.98. The third-order valence-corrected chi connectivity index (χ3v) is 7.88. The lowest BCUT2D eigenvalue weighted by molar-refractivity contribution is 0.181. The van der Waals surface area contributed by atoms with E-state index in [1.807, 2.05) is 22.9 Å². The number of anilines is 1. The average Bonchev–Trinajstić information content (AvgIpc) is 3.35. The van der Waals surface area contributed by atoms with Crippen molar-refractivity contribution in [2.45, 2.75) is 31.8 Å². The summed E-state index contributed by atoms with van der Waals surface area (Å²) in [6.45, 7) is 3.41. The van der Waals surface area contributed by atoms with E-state index in [9.17, 15) is 4.79 Å². The molecule has 0 amide bonds. The van der Waals surface area contributed by atoms with Crippen LogP contribution in [-0.2, 0) is 0 Å². The van der Waals surface area contributed by atoms with Crippen LogP contribution in [0.2, 0.25) is 0 Å². The van der Waals surface area contributed by atoms with Gasteiger partial charge in [0.25, 0.3) is 0 Å². The van der Waals surface area contributed by atoms with Crippen LogP contribution in [-0.4, -0.2) is 57.1 Å². The maximum Gasteiger partial charge on any atom is 0.249 e. The van der Waals surface area contributed by atoms with Gasteiger partial charge in [0.05, 0.1) is 0 Å². The molecule has 1 saturated heterocycles. The summed E-state index contributed by atoms with van der Waals surface area (Å²) in [5.74, 6) is 0. The second kappa shape index (κ2) is 6.68. The molecule has 2 unspecified atom stereocenters. The van der Waals surface area contributed by atoms with Gasteiger partial charge in [-0.25, -0.2) is 9.97 Å². The zero-order valence-corrected chi connectivity index (χ0v) is 17.7. The Kier molecular flexibility index (Phi) is 4.26. The van der Waals surface area contributed by atoms with Crippen LogP contribution in [0, 0.1) is 0 Å². The molecule has 0 aliphatic carbocycles. The smallest absolute Gasteiger partial charge is 0.249 e. The van der Waals surface area contributed by atoms with E-state index in [2.05, 4.69) is 35.8 Å². The molecular formula is C19H22N6OS2. The molecule has 5 rings (SSSR count). The van der Waals surface area contributed by atoms with E-state index in [1.165, 1.54) is 0 Å². The Labute approximate surface area is 170 Å². The number of nitrogens with zero attached hydrogens (tertiary/aromatic N) is 5. The Morgan fingerprint density at radius 3 is 2.82 bits per heavy atom. The quantitative estimate of drug-likeness (QED) is 0.557. The van der Waals surface area contributed by atoms with Gasteiger partial charge in [0.15, 0.2) is 19.9 Å². The largest absolute Gasteiger partial charge is 0.348 e. The minimum atomic E-state index is -0.111. The minimum Gasteiger partial charge on any atom is -0.348 e. The van der Waals surface area contributed by atoms with E-state index in [0.29, 0.717) is 12.1 Å². The molecule has 0 radical (unpaired) electrons. The number of nitrogens with one attached hydrogen (secondary N) is 1. The van der Waals surface area contributed by atoms with Gasteiger partial charge in [-0.15, -0.1) is 0 Å². The van der Waals surface area contributed by atoms with Gasteiger partial charge < -0.3 is 14.8 Å². The number of thiazole rings is 2. The number of pyridine rings is 1. The van der Waals surface area contributed by atoms with Crippen LogP contribution >= 0.6 is 22.7 Å². The van der Waals surface area contributed by atoms with Gasteiger partial charge in [-0.1, -0.05) is 22.7 Å². The number of rotatable bonds is 3. The van der Waals surface area contributed by atoms with Crippen LogP contribution in [0.15, 0.2) is 29.2 Å². The van der Waals surface area contributed by atoms with Crippen LogP contribution in [0.25, 0.3) is 25.8 Å². The second-order valence-corrected chi connectivity index (χ2v) is 9.45. The van der Waals surface area contributed by atoms with Gasteiger partial charge >= 0.3 is 0 Å². The van der Waals surface area contributed by atoms with Crippen molar-refractivity contribution in [1.82, 2.24) is 24.4 Å². The number of fused-ring (bicyclic) bond motifs is 2. The average molecular weight is 415 g/mol. The summed E-state index contributed by atoms with van der Waals surface area (Å²) < 4.78 is 1.93. The lowest BCUT2D eigenvalue weighted by Crippen LogP contribution is -2.46. The van der Waals surface area contributed by atoms with Gasteiger partial charge in [-0.3, -0.25) is 9.36 Å². The Morgan fingerprint density at radius 1 is 1.21 bits per heavy atom. The zero-order valence-electron chi connectivity index (χ0n) is 16.0. The summed E-state index contributed by atoms with van der Waals surface area (Å²) in [6.07, 6.45) is 4.25. The van der Waals surface area contributed by atoms with Crippen molar-refractivity contribution in [1.29, 1.82) is 0 Å². The molecule has 4 aromatic heterocycles. The number of H-pyrrole nitrogens is 1. The second-order valence-electron chi connectivity index (χ2n) is 7.53. The fraction of sp³-hybridized carbons (Fsp3) is 0.421. The summed E-state index contributed by atoms with van der Waals surface area (Å²) in [5, 5.41) is 2.85. The number of piperidine rings is 1. The van der Waals surface area contributed by atoms with E-state index in [-0.39, 0.29) is 5.56 Å². The van der Waals surface area contributed by atoms with Crippen molar-refractivity contribution in [3.63, 3.8) is 0 Å². The van der Waals surface area contributed by atoms with Crippen molar-refractivity contribution >= 4 is 48.5 Å². The summed E-state index contributed by atoms with van der Waals surface area (Å²) in [7, 11) is 4.35. The van der Waals surface area contributed by atoms with Crippen molar-refractivity contribution in [2.24, 2.45) is 0 Å². The molecule has 2 atom stereocenters. The highest BCUT2D eigenvalue weighted by molar-refractivity contribution is 7.29. The molecule has 0 spiro atoms. The molecule has 0 bridgehead atoms. The van der Waals surface area contributed by atoms with Crippen LogP contribution < -0.4 is 10.5 Å². The monoisotopic (exact) mass is 414 g/mol. The fourth-order valence-corrected chi connectivity index (χ4v) is 5.90. The number of likely N-dealkylation sites (tertiary alicyclic amines) is 1. The van der Waals surface area contributed by atoms with E-state index in [1.54, 1.807) is 28.7 Å². The Bertz CT molecular complexity index is 1170. The molecule has 7 nitrogen and oxygen atoms in total. The standard InChI is InChI=1S/C19H22N6OS2/c1-11-10-13(7-8-23(11)2)24(3)18-21-16-17(27-18)22-19(28-16)25-9-6-12-4-5-14(26)20-15(12)25/h4-6,9,11,13H,7-8,10H2,1-3H3,(H,20,26). The summed E-state index contributed by atoms with van der Waals surface area (Å²) in [5.41, 5.74) is 0.659. The van der Waals surface area contributed by atoms with E-state index in [0.717, 1.165) is 50.3 Å². The maximum absolute atomic E-state index is 11.7. The summed E-state index contributed by atoms with van der Waals surface area (Å²) in [4.78, 5) is 30.9. The van der Waals surface area contributed by atoms with Crippen LogP contribution in [0.4, 0.5) is 5.13 Å². The van der Waals surface area contributed by atoms with Gasteiger partial charge in [0, 0.05) is 43.3 Å². The Balaban J connectivity index is 1.45. The third kappa shape index (κ3) is 2.94. The highest BCUT2D eigenvalue weighted by Gasteiger charge is 2.27. The fourth-order valence-electron chi connectivity index (χ4n) is 3.84. The number of aromatic nitrogens is 4. The van der Waals surface area contributed by atoms with Gasteiger partial charge in [0.1, 0.15) is 5.65 Å². The van der Waals surface area contributed by atoms with Gasteiger partial charge in [-0.2, -0.15) is 0 Å².